The van der Waals surface area contributed by atoms with Crippen molar-refractivity contribution in [1.29, 1.82) is 0 Å². The second-order valence-corrected chi connectivity index (χ2v) is 5.41. The summed E-state index contributed by atoms with van der Waals surface area (Å²) in [5.41, 5.74) is 0. The van der Waals surface area contributed by atoms with Crippen LogP contribution in [0.3, 0.4) is 0 Å². The molecule has 2 heterocycles. The Bertz CT molecular complexity index is 694. The zero-order valence-corrected chi connectivity index (χ0v) is 17.0. The van der Waals surface area contributed by atoms with Gasteiger partial charge in [-0.1, -0.05) is 0 Å². The molecule has 1 aliphatic heterocycles. The first-order valence-corrected chi connectivity index (χ1v) is 8.29. The average Bonchev–Trinajstić information content (AvgIpc) is 3.31. The van der Waals surface area contributed by atoms with E-state index in [0.717, 1.165) is 42.7 Å². The number of hydrogen-bond donors (Lipinski definition) is 2. The smallest absolute Gasteiger partial charge is 0.231 e. The van der Waals surface area contributed by atoms with Crippen LogP contribution in [0.5, 0.6) is 17.2 Å². The van der Waals surface area contributed by atoms with Gasteiger partial charge in [0, 0.05) is 38.6 Å². The number of nitrogens with zero attached hydrogens (tertiary/aromatic N) is 3. The Labute approximate surface area is 169 Å². The van der Waals surface area contributed by atoms with Gasteiger partial charge in [0.2, 0.25) is 6.79 Å². The van der Waals surface area contributed by atoms with Crippen molar-refractivity contribution < 1.29 is 14.2 Å². The van der Waals surface area contributed by atoms with Crippen LogP contribution < -0.4 is 24.8 Å². The number of aromatic nitrogens is 2. The first-order chi connectivity index (χ1) is 12.3. The third-order valence-corrected chi connectivity index (χ3v) is 3.65. The highest BCUT2D eigenvalue weighted by molar-refractivity contribution is 14.0. The van der Waals surface area contributed by atoms with Gasteiger partial charge in [-0.25, -0.2) is 0 Å². The number of aryl methyl sites for hydroxylation is 1. The molecule has 2 aromatic rings. The Morgan fingerprint density at radius 1 is 1.27 bits per heavy atom. The van der Waals surface area contributed by atoms with Crippen molar-refractivity contribution in [2.24, 2.45) is 4.99 Å². The third-order valence-electron chi connectivity index (χ3n) is 3.65. The summed E-state index contributed by atoms with van der Waals surface area (Å²) in [7, 11) is 1.75. The Hall–Kier alpha value is -2.17. The van der Waals surface area contributed by atoms with Crippen LogP contribution in [0.1, 0.15) is 6.42 Å². The van der Waals surface area contributed by atoms with Crippen LogP contribution >= 0.6 is 24.0 Å². The second kappa shape index (κ2) is 10.7. The number of aliphatic imine (C=N–C) groups is 1. The fourth-order valence-electron chi connectivity index (χ4n) is 2.41. The Balaban J connectivity index is 0.00000243. The second-order valence-electron chi connectivity index (χ2n) is 5.41. The summed E-state index contributed by atoms with van der Waals surface area (Å²) in [5.74, 6) is 2.99. The molecule has 0 spiro atoms. The molecule has 0 amide bonds. The molecule has 8 nitrogen and oxygen atoms in total. The summed E-state index contributed by atoms with van der Waals surface area (Å²) in [6.07, 6.45) is 4.71. The maximum absolute atomic E-state index is 5.71. The van der Waals surface area contributed by atoms with Gasteiger partial charge in [0.05, 0.1) is 6.54 Å². The normalized spacial score (nSPS) is 12.4. The third kappa shape index (κ3) is 5.97. The summed E-state index contributed by atoms with van der Waals surface area (Å²) in [4.78, 5) is 4.19. The van der Waals surface area contributed by atoms with Crippen LogP contribution in [-0.4, -0.2) is 49.3 Å². The first-order valence-electron chi connectivity index (χ1n) is 8.29. The molecule has 0 saturated carbocycles. The number of fused-ring (bicyclic) bond motifs is 1. The van der Waals surface area contributed by atoms with Gasteiger partial charge in [0.15, 0.2) is 17.5 Å². The molecule has 1 aliphatic rings. The van der Waals surface area contributed by atoms with Crippen LogP contribution in [-0.2, 0) is 6.54 Å². The lowest BCUT2D eigenvalue weighted by molar-refractivity contribution is 0.173. The maximum Gasteiger partial charge on any atom is 0.231 e. The molecule has 0 radical (unpaired) electrons. The first kappa shape index (κ1) is 20.1. The topological polar surface area (TPSA) is 81.9 Å². The lowest BCUT2D eigenvalue weighted by Gasteiger charge is -2.12. The van der Waals surface area contributed by atoms with E-state index in [9.17, 15) is 0 Å². The molecule has 9 heteroatoms. The molecule has 26 heavy (non-hydrogen) atoms. The van der Waals surface area contributed by atoms with Gasteiger partial charge in [-0.2, -0.15) is 5.10 Å². The largest absolute Gasteiger partial charge is 0.492 e. The number of guanidine groups is 1. The molecule has 2 N–H and O–H groups in total. The van der Waals surface area contributed by atoms with Gasteiger partial charge in [0.1, 0.15) is 12.4 Å². The minimum Gasteiger partial charge on any atom is -0.492 e. The summed E-state index contributed by atoms with van der Waals surface area (Å²) in [6, 6.07) is 7.49. The van der Waals surface area contributed by atoms with Crippen LogP contribution in [0.2, 0.25) is 0 Å². The molecule has 0 unspecified atom stereocenters. The molecule has 0 bridgehead atoms. The van der Waals surface area contributed by atoms with Crippen molar-refractivity contribution in [1.82, 2.24) is 20.4 Å². The van der Waals surface area contributed by atoms with Crippen molar-refractivity contribution in [3.8, 4) is 17.2 Å². The highest BCUT2D eigenvalue weighted by Crippen LogP contribution is 2.34. The predicted molar refractivity (Wildman–Crippen MR) is 110 cm³/mol. The lowest BCUT2D eigenvalue weighted by Crippen LogP contribution is -2.39. The zero-order chi connectivity index (χ0) is 17.3. The minimum absolute atomic E-state index is 0. The summed E-state index contributed by atoms with van der Waals surface area (Å²) in [6.45, 7) is 3.14. The predicted octanol–water partition coefficient (Wildman–Crippen LogP) is 1.86. The molecule has 0 saturated heterocycles. The van der Waals surface area contributed by atoms with E-state index in [1.54, 1.807) is 13.2 Å². The summed E-state index contributed by atoms with van der Waals surface area (Å²) < 4.78 is 18.2. The van der Waals surface area contributed by atoms with Crippen molar-refractivity contribution >= 4 is 29.9 Å². The number of ether oxygens (including phenoxy) is 3. The number of halogens is 1. The minimum atomic E-state index is 0. The number of hydrogen-bond acceptors (Lipinski definition) is 5. The van der Waals surface area contributed by atoms with Crippen molar-refractivity contribution in [2.45, 2.75) is 13.0 Å². The van der Waals surface area contributed by atoms with Crippen molar-refractivity contribution in [2.75, 3.05) is 33.5 Å². The lowest BCUT2D eigenvalue weighted by atomic mass is 10.3. The molecule has 142 valence electrons. The summed E-state index contributed by atoms with van der Waals surface area (Å²) >= 11 is 0. The van der Waals surface area contributed by atoms with Gasteiger partial charge in [0.25, 0.3) is 0 Å². The van der Waals surface area contributed by atoms with Gasteiger partial charge in [-0.05, 0) is 24.6 Å². The quantitative estimate of drug-likeness (QED) is 0.264. The average molecular weight is 473 g/mol. The van der Waals surface area contributed by atoms with Gasteiger partial charge >= 0.3 is 0 Å². The van der Waals surface area contributed by atoms with Crippen LogP contribution in [0.15, 0.2) is 41.7 Å². The number of rotatable bonds is 8. The Morgan fingerprint density at radius 2 is 2.12 bits per heavy atom. The van der Waals surface area contributed by atoms with E-state index in [2.05, 4.69) is 20.7 Å². The van der Waals surface area contributed by atoms with Crippen molar-refractivity contribution in [3.63, 3.8) is 0 Å². The number of benzene rings is 1. The maximum atomic E-state index is 5.71. The van der Waals surface area contributed by atoms with Crippen molar-refractivity contribution in [3.05, 3.63) is 36.7 Å². The molecule has 1 aromatic heterocycles. The zero-order valence-electron chi connectivity index (χ0n) is 14.7. The molecule has 3 rings (SSSR count). The van der Waals surface area contributed by atoms with E-state index in [1.807, 2.05) is 35.1 Å². The van der Waals surface area contributed by atoms with Crippen LogP contribution in [0, 0.1) is 0 Å². The molecule has 0 fully saturated rings. The van der Waals surface area contributed by atoms with E-state index < -0.39 is 0 Å². The molecule has 0 aliphatic carbocycles. The SMILES string of the molecule is CN=C(NCCCn1cccn1)NCCOc1ccc2c(c1)OCO2.I. The van der Waals surface area contributed by atoms with Gasteiger partial charge < -0.3 is 24.8 Å². The highest BCUT2D eigenvalue weighted by atomic mass is 127. The van der Waals surface area contributed by atoms with E-state index >= 15 is 0 Å². The van der Waals surface area contributed by atoms with E-state index in [1.165, 1.54) is 0 Å². The van der Waals surface area contributed by atoms with Crippen LogP contribution in [0.25, 0.3) is 0 Å². The van der Waals surface area contributed by atoms with E-state index in [-0.39, 0.29) is 30.8 Å². The standard InChI is InChI=1S/C17H23N5O3.HI/c1-18-17(19-6-2-9-22-10-3-7-21-22)20-8-11-23-14-4-5-15-16(12-14)25-13-24-15;/h3-5,7,10,12H,2,6,8-9,11,13H2,1H3,(H2,18,19,20);1H. The monoisotopic (exact) mass is 473 g/mol. The van der Waals surface area contributed by atoms with Gasteiger partial charge in [-0.3, -0.25) is 9.67 Å². The van der Waals surface area contributed by atoms with E-state index in [0.29, 0.717) is 13.2 Å². The highest BCUT2D eigenvalue weighted by Gasteiger charge is 2.13. The Morgan fingerprint density at radius 3 is 2.92 bits per heavy atom. The summed E-state index contributed by atoms with van der Waals surface area (Å²) in [5, 5.41) is 10.7. The van der Waals surface area contributed by atoms with Crippen LogP contribution in [0.4, 0.5) is 0 Å². The molecular weight excluding hydrogens is 449 g/mol. The van der Waals surface area contributed by atoms with Gasteiger partial charge in [-0.15, -0.1) is 24.0 Å². The fourth-order valence-corrected chi connectivity index (χ4v) is 2.41. The van der Waals surface area contributed by atoms with E-state index in [4.69, 9.17) is 14.2 Å². The molecule has 1 aromatic carbocycles. The number of nitrogens with one attached hydrogen (secondary N) is 2. The molecular formula is C17H24IN5O3. The fraction of sp³-hybridized carbons (Fsp3) is 0.412. The Kier molecular flexibility index (Phi) is 8.32. The molecule has 0 atom stereocenters.